The molecular formula is C30H22Se4. The van der Waals surface area contributed by atoms with Crippen LogP contribution in [-0.4, -0.2) is 59.8 Å². The molecule has 0 spiro atoms. The average molecular weight is 698 g/mol. The second kappa shape index (κ2) is 12.2. The molecule has 0 N–H and O–H groups in total. The van der Waals surface area contributed by atoms with E-state index in [4.69, 9.17) is 0 Å². The average Bonchev–Trinajstić information content (AvgIpc) is 2.89. The van der Waals surface area contributed by atoms with Gasteiger partial charge in [0.15, 0.2) is 0 Å². The van der Waals surface area contributed by atoms with Crippen molar-refractivity contribution in [1.82, 2.24) is 0 Å². The third-order valence-corrected chi connectivity index (χ3v) is 15.1. The molecule has 0 aliphatic carbocycles. The molecule has 0 aromatic heterocycles. The molecule has 166 valence electrons. The Balaban J connectivity index is 1.59. The second-order valence-corrected chi connectivity index (χ2v) is 16.8. The van der Waals surface area contributed by atoms with Crippen molar-refractivity contribution in [3.05, 3.63) is 133 Å². The van der Waals surface area contributed by atoms with Crippen molar-refractivity contribution < 1.29 is 0 Å². The molecule has 0 aliphatic heterocycles. The molecule has 0 bridgehead atoms. The van der Waals surface area contributed by atoms with Crippen LogP contribution in [0.1, 0.15) is 0 Å². The van der Waals surface area contributed by atoms with Crippen molar-refractivity contribution >= 4 is 95.5 Å². The Kier molecular flexibility index (Phi) is 8.60. The van der Waals surface area contributed by atoms with Crippen LogP contribution in [0.2, 0.25) is 0 Å². The number of hydrogen-bond acceptors (Lipinski definition) is 0. The summed E-state index contributed by atoms with van der Waals surface area (Å²) in [5.41, 5.74) is 0. The van der Waals surface area contributed by atoms with Gasteiger partial charge in [0.1, 0.15) is 0 Å². The first-order chi connectivity index (χ1) is 16.8. The van der Waals surface area contributed by atoms with E-state index in [0.717, 1.165) is 0 Å². The van der Waals surface area contributed by atoms with E-state index in [-0.39, 0.29) is 0 Å². The van der Waals surface area contributed by atoms with Crippen LogP contribution >= 0.6 is 0 Å². The van der Waals surface area contributed by atoms with E-state index in [1.165, 1.54) is 17.8 Å². The van der Waals surface area contributed by atoms with Gasteiger partial charge in [-0.2, -0.15) is 0 Å². The molecule has 0 saturated heterocycles. The van der Waals surface area contributed by atoms with Crippen molar-refractivity contribution in [2.24, 2.45) is 0 Å². The summed E-state index contributed by atoms with van der Waals surface area (Å²) in [5, 5.41) is 0. The molecule has 0 aliphatic rings. The first kappa shape index (κ1) is 23.9. The number of hydrogen-bond donors (Lipinski definition) is 0. The summed E-state index contributed by atoms with van der Waals surface area (Å²) in [4.78, 5) is 0. The van der Waals surface area contributed by atoms with Gasteiger partial charge in [-0.05, 0) is 0 Å². The van der Waals surface area contributed by atoms with Crippen molar-refractivity contribution in [3.8, 4) is 0 Å². The van der Waals surface area contributed by atoms with Gasteiger partial charge in [-0.15, -0.1) is 0 Å². The van der Waals surface area contributed by atoms with Crippen LogP contribution in [0.4, 0.5) is 0 Å². The van der Waals surface area contributed by atoms with Gasteiger partial charge in [-0.3, -0.25) is 0 Å². The molecule has 0 atom stereocenters. The van der Waals surface area contributed by atoms with Crippen molar-refractivity contribution in [2.45, 2.75) is 0 Å². The monoisotopic (exact) mass is 702 g/mol. The van der Waals surface area contributed by atoms with Gasteiger partial charge in [0.05, 0.1) is 0 Å². The zero-order valence-corrected chi connectivity index (χ0v) is 25.2. The molecule has 34 heavy (non-hydrogen) atoms. The van der Waals surface area contributed by atoms with Crippen LogP contribution in [0.3, 0.4) is 0 Å². The zero-order chi connectivity index (χ0) is 23.0. The standard InChI is InChI=1S/C30H22Se4/c1-5-13-23(14-6-1)31-27-21-29(33-25-17-9-3-10-18-25)30(34-26-19-11-4-12-20-26)22-28(27)32-24-15-7-2-8-16-24/h1-22H. The third kappa shape index (κ3) is 6.65. The predicted molar refractivity (Wildman–Crippen MR) is 152 cm³/mol. The molecule has 5 rings (SSSR count). The SMILES string of the molecule is c1ccc([Se]c2cc([Se]c3ccccc3)c([Se]c3ccccc3)cc2[Se]c2ccccc2)cc1. The van der Waals surface area contributed by atoms with Crippen LogP contribution in [0.25, 0.3) is 0 Å². The molecule has 0 fully saturated rings. The van der Waals surface area contributed by atoms with E-state index in [0.29, 0.717) is 59.8 Å². The molecule has 0 radical (unpaired) electrons. The molecule has 4 heteroatoms. The normalized spacial score (nSPS) is 10.8. The van der Waals surface area contributed by atoms with E-state index in [9.17, 15) is 0 Å². The Labute approximate surface area is 227 Å². The first-order valence-electron chi connectivity index (χ1n) is 10.9. The van der Waals surface area contributed by atoms with Crippen LogP contribution in [0, 0.1) is 0 Å². The first-order valence-corrected chi connectivity index (χ1v) is 17.8. The molecule has 0 heterocycles. The number of rotatable bonds is 8. The van der Waals surface area contributed by atoms with E-state index < -0.39 is 0 Å². The van der Waals surface area contributed by atoms with Crippen molar-refractivity contribution in [3.63, 3.8) is 0 Å². The Morgan fingerprint density at radius 2 is 0.471 bits per heavy atom. The molecule has 0 nitrogen and oxygen atoms in total. The van der Waals surface area contributed by atoms with E-state index >= 15 is 0 Å². The zero-order valence-electron chi connectivity index (χ0n) is 18.3. The molecule has 5 aromatic carbocycles. The molecule has 0 amide bonds. The topological polar surface area (TPSA) is 0 Å². The minimum atomic E-state index is 0.299. The molecule has 0 saturated carbocycles. The minimum absolute atomic E-state index is 0.299. The maximum absolute atomic E-state index is 2.57. The second-order valence-electron chi connectivity index (χ2n) is 7.41. The van der Waals surface area contributed by atoms with Gasteiger partial charge in [-0.1, -0.05) is 0 Å². The van der Waals surface area contributed by atoms with E-state index in [1.807, 2.05) is 0 Å². The fourth-order valence-electron chi connectivity index (χ4n) is 3.30. The van der Waals surface area contributed by atoms with Gasteiger partial charge in [0.25, 0.3) is 0 Å². The predicted octanol–water partition coefficient (Wildman–Crippen LogP) is 0.307. The fourth-order valence-corrected chi connectivity index (χ4v) is 13.3. The molecular weight excluding hydrogens is 676 g/mol. The summed E-state index contributed by atoms with van der Waals surface area (Å²) in [5.74, 6) is 0. The van der Waals surface area contributed by atoms with Crippen LogP contribution in [0.5, 0.6) is 0 Å². The fraction of sp³-hybridized carbons (Fsp3) is 0. The van der Waals surface area contributed by atoms with Crippen molar-refractivity contribution in [2.75, 3.05) is 0 Å². The van der Waals surface area contributed by atoms with Gasteiger partial charge in [0.2, 0.25) is 0 Å². The summed E-state index contributed by atoms with van der Waals surface area (Å²) >= 11 is 1.19. The van der Waals surface area contributed by atoms with Gasteiger partial charge < -0.3 is 0 Å². The Morgan fingerprint density at radius 3 is 0.676 bits per heavy atom. The molecule has 5 aromatic rings. The maximum atomic E-state index is 2.57. The molecule has 0 unspecified atom stereocenters. The summed E-state index contributed by atoms with van der Waals surface area (Å²) < 4.78 is 12.0. The van der Waals surface area contributed by atoms with Crippen molar-refractivity contribution in [1.29, 1.82) is 0 Å². The summed E-state index contributed by atoms with van der Waals surface area (Å²) in [6.07, 6.45) is 0. The summed E-state index contributed by atoms with van der Waals surface area (Å²) in [7, 11) is 0. The van der Waals surface area contributed by atoms with E-state index in [1.54, 1.807) is 17.8 Å². The van der Waals surface area contributed by atoms with Gasteiger partial charge in [0, 0.05) is 0 Å². The van der Waals surface area contributed by atoms with Crippen LogP contribution in [0.15, 0.2) is 133 Å². The van der Waals surface area contributed by atoms with Gasteiger partial charge >= 0.3 is 229 Å². The van der Waals surface area contributed by atoms with Crippen LogP contribution in [-0.2, 0) is 0 Å². The van der Waals surface area contributed by atoms with E-state index in [2.05, 4.69) is 133 Å². The number of benzene rings is 5. The van der Waals surface area contributed by atoms with Gasteiger partial charge in [-0.25, -0.2) is 0 Å². The van der Waals surface area contributed by atoms with Crippen LogP contribution < -0.4 is 35.7 Å². The Hall–Kier alpha value is -1.82. The Bertz CT molecular complexity index is 1110. The quantitative estimate of drug-likeness (QED) is 0.205. The Morgan fingerprint density at radius 1 is 0.265 bits per heavy atom. The summed E-state index contributed by atoms with van der Waals surface area (Å²) in [6, 6.07) is 49.2. The summed E-state index contributed by atoms with van der Waals surface area (Å²) in [6.45, 7) is 0. The third-order valence-electron chi connectivity index (χ3n) is 4.89.